The molecule has 1 aliphatic rings. The van der Waals surface area contributed by atoms with Crippen LogP contribution in [0.4, 0.5) is 5.69 Å². The Morgan fingerprint density at radius 1 is 1.50 bits per heavy atom. The van der Waals surface area contributed by atoms with Gasteiger partial charge in [-0.15, -0.1) is 0 Å². The van der Waals surface area contributed by atoms with Crippen molar-refractivity contribution in [3.63, 3.8) is 0 Å². The fraction of sp³-hybridized carbons (Fsp3) is 0.357. The van der Waals surface area contributed by atoms with E-state index in [1.165, 1.54) is 16.7 Å². The standard InChI is InChI=1S/C14H16N2O2S2/c1-9-4-3-5-11(8-9)15-12(17)6-7-16-13(18)10(2)20-14(16)19/h3-5,8,10H,6-7H2,1-2H3,(H,15,17). The first-order chi connectivity index (χ1) is 9.47. The molecule has 1 fully saturated rings. The Labute approximate surface area is 127 Å². The van der Waals surface area contributed by atoms with Gasteiger partial charge in [0.05, 0.1) is 5.25 Å². The van der Waals surface area contributed by atoms with Gasteiger partial charge in [-0.1, -0.05) is 36.1 Å². The minimum atomic E-state index is -0.137. The van der Waals surface area contributed by atoms with Crippen LogP contribution >= 0.6 is 24.0 Å². The molecule has 1 saturated heterocycles. The molecule has 1 unspecified atom stereocenters. The molecule has 0 saturated carbocycles. The Bertz CT molecular complexity index is 560. The fourth-order valence-corrected chi connectivity index (χ4v) is 3.39. The van der Waals surface area contributed by atoms with Gasteiger partial charge in [0.2, 0.25) is 11.8 Å². The number of rotatable bonds is 4. The molecule has 4 nitrogen and oxygen atoms in total. The third-order valence-corrected chi connectivity index (χ3v) is 4.46. The van der Waals surface area contributed by atoms with E-state index >= 15 is 0 Å². The molecule has 2 rings (SSSR count). The van der Waals surface area contributed by atoms with Gasteiger partial charge in [-0.2, -0.15) is 0 Å². The van der Waals surface area contributed by atoms with Crippen LogP contribution in [0.1, 0.15) is 18.9 Å². The predicted molar refractivity (Wildman–Crippen MR) is 85.8 cm³/mol. The van der Waals surface area contributed by atoms with Crippen molar-refractivity contribution in [2.24, 2.45) is 0 Å². The fourth-order valence-electron chi connectivity index (χ4n) is 1.94. The summed E-state index contributed by atoms with van der Waals surface area (Å²) in [5.74, 6) is -0.126. The van der Waals surface area contributed by atoms with Crippen molar-refractivity contribution in [1.29, 1.82) is 0 Å². The number of hydrogen-bond donors (Lipinski definition) is 1. The van der Waals surface area contributed by atoms with Gasteiger partial charge in [0, 0.05) is 18.7 Å². The van der Waals surface area contributed by atoms with Crippen molar-refractivity contribution in [2.45, 2.75) is 25.5 Å². The van der Waals surface area contributed by atoms with E-state index in [1.807, 2.05) is 38.1 Å². The van der Waals surface area contributed by atoms with Crippen molar-refractivity contribution < 1.29 is 9.59 Å². The number of hydrogen-bond acceptors (Lipinski definition) is 4. The summed E-state index contributed by atoms with van der Waals surface area (Å²) in [6, 6.07) is 7.61. The Hall–Kier alpha value is -1.40. The second kappa shape index (κ2) is 6.37. The lowest BCUT2D eigenvalue weighted by Gasteiger charge is -2.14. The largest absolute Gasteiger partial charge is 0.326 e. The van der Waals surface area contributed by atoms with Crippen molar-refractivity contribution in [2.75, 3.05) is 11.9 Å². The number of thioether (sulfide) groups is 1. The molecule has 1 atom stereocenters. The topological polar surface area (TPSA) is 49.4 Å². The molecule has 0 aliphatic carbocycles. The Kier molecular flexibility index (Phi) is 4.77. The maximum absolute atomic E-state index is 11.9. The molecule has 20 heavy (non-hydrogen) atoms. The van der Waals surface area contributed by atoms with Gasteiger partial charge in [-0.25, -0.2) is 0 Å². The number of amides is 2. The SMILES string of the molecule is Cc1cccc(NC(=O)CCN2C(=O)C(C)SC2=S)c1. The molecule has 0 bridgehead atoms. The van der Waals surface area contributed by atoms with E-state index < -0.39 is 0 Å². The highest BCUT2D eigenvalue weighted by atomic mass is 32.2. The molecule has 6 heteroatoms. The van der Waals surface area contributed by atoms with Crippen molar-refractivity contribution >= 4 is 45.8 Å². The summed E-state index contributed by atoms with van der Waals surface area (Å²) in [5, 5.41) is 2.68. The number of thiocarbonyl (C=S) groups is 1. The smallest absolute Gasteiger partial charge is 0.241 e. The highest BCUT2D eigenvalue weighted by Crippen LogP contribution is 2.26. The van der Waals surface area contributed by atoms with Gasteiger partial charge in [0.15, 0.2) is 0 Å². The normalized spacial score (nSPS) is 18.5. The third kappa shape index (κ3) is 3.58. The average Bonchev–Trinajstić information content (AvgIpc) is 2.61. The van der Waals surface area contributed by atoms with E-state index in [0.29, 0.717) is 10.9 Å². The molecule has 0 radical (unpaired) electrons. The lowest BCUT2D eigenvalue weighted by Crippen LogP contribution is -2.33. The maximum Gasteiger partial charge on any atom is 0.241 e. The van der Waals surface area contributed by atoms with Crippen LogP contribution in [0.2, 0.25) is 0 Å². The van der Waals surface area contributed by atoms with E-state index in [2.05, 4.69) is 5.32 Å². The van der Waals surface area contributed by atoms with E-state index in [9.17, 15) is 9.59 Å². The number of benzene rings is 1. The average molecular weight is 308 g/mol. The van der Waals surface area contributed by atoms with E-state index in [1.54, 1.807) is 0 Å². The van der Waals surface area contributed by atoms with Crippen molar-refractivity contribution in [1.82, 2.24) is 4.90 Å². The number of carbonyl (C=O) groups excluding carboxylic acids is 2. The summed E-state index contributed by atoms with van der Waals surface area (Å²) in [5.41, 5.74) is 1.86. The summed E-state index contributed by atoms with van der Waals surface area (Å²) in [6.07, 6.45) is 0.243. The van der Waals surface area contributed by atoms with Crippen LogP contribution in [-0.4, -0.2) is 32.8 Å². The van der Waals surface area contributed by atoms with Gasteiger partial charge in [-0.3, -0.25) is 14.5 Å². The van der Waals surface area contributed by atoms with Crippen molar-refractivity contribution in [3.05, 3.63) is 29.8 Å². The monoisotopic (exact) mass is 308 g/mol. The molecular weight excluding hydrogens is 292 g/mol. The number of carbonyl (C=O) groups is 2. The Morgan fingerprint density at radius 3 is 2.85 bits per heavy atom. The summed E-state index contributed by atoms with van der Waals surface area (Å²) >= 11 is 6.50. The minimum absolute atomic E-state index is 0.0108. The lowest BCUT2D eigenvalue weighted by molar-refractivity contribution is -0.126. The number of anilines is 1. The molecule has 2 amide bonds. The lowest BCUT2D eigenvalue weighted by atomic mass is 10.2. The maximum atomic E-state index is 11.9. The quantitative estimate of drug-likeness (QED) is 0.869. The molecule has 1 N–H and O–H groups in total. The summed E-state index contributed by atoms with van der Waals surface area (Å²) in [4.78, 5) is 25.2. The van der Waals surface area contributed by atoms with Crippen LogP contribution in [0.15, 0.2) is 24.3 Å². The molecule has 0 aromatic heterocycles. The molecule has 106 valence electrons. The third-order valence-electron chi connectivity index (χ3n) is 2.98. The van der Waals surface area contributed by atoms with Crippen LogP contribution in [0, 0.1) is 6.92 Å². The summed E-state index contributed by atoms with van der Waals surface area (Å²) in [7, 11) is 0. The van der Waals surface area contributed by atoms with Gasteiger partial charge < -0.3 is 5.32 Å². The first-order valence-corrected chi connectivity index (χ1v) is 7.64. The summed E-state index contributed by atoms with van der Waals surface area (Å²) < 4.78 is 0.561. The zero-order valence-electron chi connectivity index (χ0n) is 11.4. The summed E-state index contributed by atoms with van der Waals surface area (Å²) in [6.45, 7) is 4.13. The van der Waals surface area contributed by atoms with Gasteiger partial charge in [0.1, 0.15) is 4.32 Å². The van der Waals surface area contributed by atoms with Gasteiger partial charge >= 0.3 is 0 Å². The molecule has 1 aromatic rings. The van der Waals surface area contributed by atoms with Crippen molar-refractivity contribution in [3.8, 4) is 0 Å². The Balaban J connectivity index is 1.87. The minimum Gasteiger partial charge on any atom is -0.326 e. The van der Waals surface area contributed by atoms with Crippen LogP contribution in [0.3, 0.4) is 0 Å². The second-order valence-electron chi connectivity index (χ2n) is 4.68. The number of nitrogens with zero attached hydrogens (tertiary/aromatic N) is 1. The van der Waals surface area contributed by atoms with Crippen LogP contribution < -0.4 is 5.32 Å². The second-order valence-corrected chi connectivity index (χ2v) is 6.66. The molecule has 1 aromatic carbocycles. The van der Waals surface area contributed by atoms with Crippen LogP contribution in [-0.2, 0) is 9.59 Å². The molecule has 1 aliphatic heterocycles. The van der Waals surface area contributed by atoms with E-state index in [0.717, 1.165) is 11.3 Å². The highest BCUT2D eigenvalue weighted by molar-refractivity contribution is 8.24. The highest BCUT2D eigenvalue weighted by Gasteiger charge is 2.33. The first kappa shape index (κ1) is 15.0. The van der Waals surface area contributed by atoms with Gasteiger partial charge in [-0.05, 0) is 31.5 Å². The van der Waals surface area contributed by atoms with E-state index in [-0.39, 0.29) is 23.5 Å². The van der Waals surface area contributed by atoms with Crippen LogP contribution in [0.25, 0.3) is 0 Å². The zero-order valence-corrected chi connectivity index (χ0v) is 13.0. The van der Waals surface area contributed by atoms with E-state index in [4.69, 9.17) is 12.2 Å². The Morgan fingerprint density at radius 2 is 2.25 bits per heavy atom. The first-order valence-electron chi connectivity index (χ1n) is 6.36. The predicted octanol–water partition coefficient (Wildman–Crippen LogP) is 2.57. The van der Waals surface area contributed by atoms with Crippen LogP contribution in [0.5, 0.6) is 0 Å². The molecule has 1 heterocycles. The van der Waals surface area contributed by atoms with Gasteiger partial charge in [0.25, 0.3) is 0 Å². The molecular formula is C14H16N2O2S2. The molecule has 0 spiro atoms. The number of aryl methyl sites for hydroxylation is 1. The zero-order chi connectivity index (χ0) is 14.7. The number of nitrogens with one attached hydrogen (secondary N) is 1.